The third-order valence-corrected chi connectivity index (χ3v) is 9.98. The Labute approximate surface area is 252 Å². The molecule has 1 N–H and O–H groups in total. The minimum Gasteiger partial charge on any atom is -0.339 e. The molecule has 3 atom stereocenters. The van der Waals surface area contributed by atoms with Crippen LogP contribution >= 0.6 is 0 Å². The highest BCUT2D eigenvalue weighted by Gasteiger charge is 2.50. The van der Waals surface area contributed by atoms with Gasteiger partial charge in [-0.15, -0.1) is 0 Å². The average molecular weight is 588 g/mol. The van der Waals surface area contributed by atoms with E-state index in [1.54, 1.807) is 23.4 Å². The first-order valence-corrected chi connectivity index (χ1v) is 15.7. The lowest BCUT2D eigenvalue weighted by Crippen LogP contribution is -2.52. The number of aromatic nitrogens is 2. The molecule has 0 bridgehead atoms. The van der Waals surface area contributed by atoms with E-state index in [0.717, 1.165) is 31.1 Å². The predicted molar refractivity (Wildman–Crippen MR) is 164 cm³/mol. The quantitative estimate of drug-likeness (QED) is 0.372. The van der Waals surface area contributed by atoms with E-state index in [-0.39, 0.29) is 52.7 Å². The van der Waals surface area contributed by atoms with Gasteiger partial charge in [0.2, 0.25) is 5.91 Å². The Morgan fingerprint density at radius 3 is 2.58 bits per heavy atom. The summed E-state index contributed by atoms with van der Waals surface area (Å²) in [4.78, 5) is 49.4. The molecule has 43 heavy (non-hydrogen) atoms. The molecule has 1 saturated carbocycles. The molecule has 2 aromatic heterocycles. The fraction of sp³-hybridized carbons (Fsp3) is 0.529. The number of likely N-dealkylation sites (tertiary alicyclic amines) is 1. The van der Waals surface area contributed by atoms with Gasteiger partial charge < -0.3 is 19.7 Å². The van der Waals surface area contributed by atoms with Gasteiger partial charge in [0, 0.05) is 59.5 Å². The van der Waals surface area contributed by atoms with Crippen molar-refractivity contribution >= 4 is 28.5 Å². The molecule has 228 valence electrons. The van der Waals surface area contributed by atoms with E-state index in [2.05, 4.69) is 10.3 Å². The number of benzene rings is 1. The van der Waals surface area contributed by atoms with Crippen LogP contribution < -0.4 is 5.32 Å². The molecule has 4 heterocycles. The van der Waals surface area contributed by atoms with E-state index in [0.29, 0.717) is 48.4 Å². The summed E-state index contributed by atoms with van der Waals surface area (Å²) < 4.78 is 16.4. The minimum atomic E-state index is -0.495. The fourth-order valence-electron chi connectivity index (χ4n) is 7.46. The molecule has 9 heteroatoms. The molecule has 2 saturated heterocycles. The summed E-state index contributed by atoms with van der Waals surface area (Å²) in [7, 11) is 0. The van der Waals surface area contributed by atoms with Crippen LogP contribution in [0.4, 0.5) is 4.39 Å². The monoisotopic (exact) mass is 587 g/mol. The number of ketones is 1. The normalized spacial score (nSPS) is 22.9. The summed E-state index contributed by atoms with van der Waals surface area (Å²) in [5.74, 6) is -0.792. The number of Topliss-reactive ketones (excluding diaryl/α,β-unsaturated/α-hetero) is 1. The van der Waals surface area contributed by atoms with Crippen molar-refractivity contribution in [3.05, 3.63) is 59.3 Å². The zero-order valence-electron chi connectivity index (χ0n) is 25.8. The van der Waals surface area contributed by atoms with Crippen LogP contribution in [-0.4, -0.2) is 73.7 Å². The second-order valence-corrected chi connectivity index (χ2v) is 13.0. The lowest BCUT2D eigenvalue weighted by Gasteiger charge is -2.38. The zero-order valence-corrected chi connectivity index (χ0v) is 25.8. The molecular weight excluding hydrogens is 545 g/mol. The van der Waals surface area contributed by atoms with Crippen molar-refractivity contribution in [3.63, 3.8) is 0 Å². The van der Waals surface area contributed by atoms with E-state index in [1.807, 2.05) is 50.2 Å². The van der Waals surface area contributed by atoms with Gasteiger partial charge in [-0.3, -0.25) is 19.4 Å². The van der Waals surface area contributed by atoms with Crippen LogP contribution in [0.3, 0.4) is 0 Å². The average Bonchev–Trinajstić information content (AvgIpc) is 3.51. The van der Waals surface area contributed by atoms with E-state index in [1.165, 1.54) is 12.1 Å². The number of carbonyl (C=O) groups is 3. The Morgan fingerprint density at radius 2 is 1.93 bits per heavy atom. The van der Waals surface area contributed by atoms with Gasteiger partial charge in [-0.1, -0.05) is 0 Å². The van der Waals surface area contributed by atoms with Gasteiger partial charge in [0.25, 0.3) is 5.91 Å². The summed E-state index contributed by atoms with van der Waals surface area (Å²) >= 11 is 0. The van der Waals surface area contributed by atoms with Gasteiger partial charge in [-0.25, -0.2) is 4.39 Å². The maximum atomic E-state index is 14.6. The third-order valence-electron chi connectivity index (χ3n) is 9.98. The number of nitrogens with zero attached hydrogens (tertiary/aromatic N) is 4. The second kappa shape index (κ2) is 11.2. The van der Waals surface area contributed by atoms with Gasteiger partial charge in [0.1, 0.15) is 5.82 Å². The molecule has 1 spiro atoms. The Hall–Kier alpha value is -3.59. The van der Waals surface area contributed by atoms with Crippen LogP contribution in [0, 0.1) is 18.7 Å². The topological polar surface area (TPSA) is 87.5 Å². The number of carbonyl (C=O) groups excluding carboxylic acids is 3. The molecular formula is C34H42FN5O3. The number of hydrogen-bond donors (Lipinski definition) is 1. The fourth-order valence-corrected chi connectivity index (χ4v) is 7.46. The van der Waals surface area contributed by atoms with Crippen LogP contribution in [0.15, 0.2) is 36.7 Å². The molecule has 1 aliphatic carbocycles. The first kappa shape index (κ1) is 29.5. The molecule has 0 radical (unpaired) electrons. The number of halogens is 1. The summed E-state index contributed by atoms with van der Waals surface area (Å²) in [5.41, 5.74) is 2.95. The first-order chi connectivity index (χ1) is 20.5. The van der Waals surface area contributed by atoms with Gasteiger partial charge in [0.05, 0.1) is 29.0 Å². The molecule has 2 aliphatic heterocycles. The third kappa shape index (κ3) is 5.15. The maximum absolute atomic E-state index is 14.6. The van der Waals surface area contributed by atoms with Crippen molar-refractivity contribution in [2.45, 2.75) is 96.8 Å². The number of fused-ring (bicyclic) bond motifs is 1. The number of rotatable bonds is 7. The molecule has 3 aliphatic rings. The Morgan fingerprint density at radius 1 is 1.16 bits per heavy atom. The largest absolute Gasteiger partial charge is 0.339 e. The maximum Gasteiger partial charge on any atom is 0.256 e. The molecule has 8 nitrogen and oxygen atoms in total. The standard InChI is InChI=1S/C34H42FN5O3/c1-6-38(20(2)3)32(42)26-18-24(35)7-8-28(26)40-22(5)30(25-10-15-36-19-29(25)40)31(41)23-11-16-39(21(4)17-23)33(43)27-9-12-34(37-27)13-14-34/h7-8,10,15,18-21,23,27,37H,6,9,11-14,16-17H2,1-5H3/t21-,23+,27-/m0/s1. The zero-order chi connectivity index (χ0) is 30.6. The van der Waals surface area contributed by atoms with Gasteiger partial charge in [0.15, 0.2) is 5.78 Å². The highest BCUT2D eigenvalue weighted by molar-refractivity contribution is 6.11. The van der Waals surface area contributed by atoms with Crippen LogP contribution in [-0.2, 0) is 4.79 Å². The van der Waals surface area contributed by atoms with Crippen molar-refractivity contribution in [2.24, 2.45) is 5.92 Å². The molecule has 1 aromatic carbocycles. The molecule has 3 fully saturated rings. The van der Waals surface area contributed by atoms with Crippen LogP contribution in [0.2, 0.25) is 0 Å². The predicted octanol–water partition coefficient (Wildman–Crippen LogP) is 5.44. The molecule has 6 rings (SSSR count). The van der Waals surface area contributed by atoms with Crippen molar-refractivity contribution < 1.29 is 18.8 Å². The van der Waals surface area contributed by atoms with Crippen molar-refractivity contribution in [1.82, 2.24) is 24.7 Å². The second-order valence-electron chi connectivity index (χ2n) is 13.0. The highest BCUT2D eigenvalue weighted by Crippen LogP contribution is 2.45. The Kier molecular flexibility index (Phi) is 7.65. The minimum absolute atomic E-state index is 0.0367. The van der Waals surface area contributed by atoms with Crippen LogP contribution in [0.1, 0.15) is 92.6 Å². The van der Waals surface area contributed by atoms with Crippen LogP contribution in [0.25, 0.3) is 16.6 Å². The lowest BCUT2D eigenvalue weighted by atomic mass is 9.84. The number of amides is 2. The molecule has 3 aromatic rings. The van der Waals surface area contributed by atoms with E-state index in [9.17, 15) is 18.8 Å². The van der Waals surface area contributed by atoms with E-state index < -0.39 is 5.82 Å². The smallest absolute Gasteiger partial charge is 0.256 e. The van der Waals surface area contributed by atoms with Crippen LogP contribution in [0.5, 0.6) is 0 Å². The van der Waals surface area contributed by atoms with Crippen molar-refractivity contribution in [3.8, 4) is 5.69 Å². The van der Waals surface area contributed by atoms with Gasteiger partial charge in [-0.05, 0) is 97.4 Å². The SMILES string of the molecule is CCN(C(=O)c1cc(F)ccc1-n1c(C)c(C(=O)[C@@H]2CCN(C(=O)[C@@H]3CCC4(CC4)N3)[C@@H](C)C2)c2ccncc21)C(C)C. The van der Waals surface area contributed by atoms with Crippen molar-refractivity contribution in [2.75, 3.05) is 13.1 Å². The van der Waals surface area contributed by atoms with Crippen molar-refractivity contribution in [1.29, 1.82) is 0 Å². The van der Waals surface area contributed by atoms with E-state index >= 15 is 0 Å². The highest BCUT2D eigenvalue weighted by atomic mass is 19.1. The molecule has 2 amide bonds. The summed E-state index contributed by atoms with van der Waals surface area (Å²) in [6.45, 7) is 10.7. The summed E-state index contributed by atoms with van der Waals surface area (Å²) in [6.07, 6.45) is 8.84. The summed E-state index contributed by atoms with van der Waals surface area (Å²) in [6, 6.07) is 5.86. The molecule has 0 unspecified atom stereocenters. The van der Waals surface area contributed by atoms with Gasteiger partial charge >= 0.3 is 0 Å². The van der Waals surface area contributed by atoms with Gasteiger partial charge in [-0.2, -0.15) is 0 Å². The summed E-state index contributed by atoms with van der Waals surface area (Å²) in [5, 5.41) is 4.34. The Balaban J connectivity index is 1.32. The Bertz CT molecular complexity index is 1590. The first-order valence-electron chi connectivity index (χ1n) is 15.7. The lowest BCUT2D eigenvalue weighted by molar-refractivity contribution is -0.137. The number of hydrogen-bond acceptors (Lipinski definition) is 5. The number of piperidine rings is 1. The number of nitrogens with one attached hydrogen (secondary N) is 1. The van der Waals surface area contributed by atoms with E-state index in [4.69, 9.17) is 0 Å². The number of pyridine rings is 1.